The highest BCUT2D eigenvalue weighted by Crippen LogP contribution is 2.31. The van der Waals surface area contributed by atoms with Gasteiger partial charge in [0, 0.05) is 26.0 Å². The first-order chi connectivity index (χ1) is 15.3. The fraction of sp³-hybridized carbons (Fsp3) is 0.435. The summed E-state index contributed by atoms with van der Waals surface area (Å²) in [5, 5.41) is 3.28. The number of carbonyl (C=O) groups excluding carboxylic acids is 3. The van der Waals surface area contributed by atoms with E-state index in [9.17, 15) is 27.4 Å². The first-order valence-corrected chi connectivity index (χ1v) is 11.6. The molecule has 0 aliphatic rings. The predicted octanol–water partition coefficient (Wildman–Crippen LogP) is 3.42. The minimum atomic E-state index is -4.61. The number of ketones is 2. The molecule has 2 rings (SSSR count). The summed E-state index contributed by atoms with van der Waals surface area (Å²) >= 11 is 0. The SMILES string of the molecule is COC(C)C(C(C)=O)C(=O)Nc1ccc2ccccc2c1S(=O)(=O)O.COC(C)CC(C)=O.F. The maximum atomic E-state index is 12.5. The van der Waals surface area contributed by atoms with Crippen LogP contribution in [0.4, 0.5) is 10.4 Å². The van der Waals surface area contributed by atoms with Crippen molar-refractivity contribution in [3.8, 4) is 0 Å². The molecular formula is C23H32FNO8S. The summed E-state index contributed by atoms with van der Waals surface area (Å²) in [6.07, 6.45) is -0.0871. The molecule has 2 aromatic rings. The van der Waals surface area contributed by atoms with E-state index < -0.39 is 38.7 Å². The highest BCUT2D eigenvalue weighted by Gasteiger charge is 2.31. The molecule has 0 spiro atoms. The molecule has 0 fully saturated rings. The Hall–Kier alpha value is -2.73. The van der Waals surface area contributed by atoms with E-state index in [1.807, 2.05) is 6.92 Å². The van der Waals surface area contributed by atoms with Crippen molar-refractivity contribution in [1.82, 2.24) is 0 Å². The van der Waals surface area contributed by atoms with Gasteiger partial charge in [-0.2, -0.15) is 8.42 Å². The zero-order valence-corrected chi connectivity index (χ0v) is 20.8. The lowest BCUT2D eigenvalue weighted by molar-refractivity contribution is -0.135. The molecule has 3 atom stereocenters. The molecule has 0 aliphatic carbocycles. The van der Waals surface area contributed by atoms with Crippen LogP contribution in [0.5, 0.6) is 0 Å². The number of carbonyl (C=O) groups is 3. The van der Waals surface area contributed by atoms with Crippen LogP contribution in [-0.2, 0) is 34.0 Å². The zero-order valence-electron chi connectivity index (χ0n) is 20.0. The number of fused-ring (bicyclic) bond motifs is 1. The molecule has 2 N–H and O–H groups in total. The first kappa shape index (κ1) is 31.3. The Morgan fingerprint density at radius 2 is 1.59 bits per heavy atom. The number of rotatable bonds is 9. The topological polar surface area (TPSA) is 136 Å². The number of nitrogens with one attached hydrogen (secondary N) is 1. The van der Waals surface area contributed by atoms with Crippen LogP contribution in [0.25, 0.3) is 10.8 Å². The van der Waals surface area contributed by atoms with Crippen molar-refractivity contribution in [3.05, 3.63) is 36.4 Å². The van der Waals surface area contributed by atoms with Crippen LogP contribution in [0.2, 0.25) is 0 Å². The number of ether oxygens (including phenoxy) is 2. The van der Waals surface area contributed by atoms with Crippen molar-refractivity contribution in [2.24, 2.45) is 5.92 Å². The number of halogens is 1. The molecule has 0 saturated carbocycles. The molecule has 0 aliphatic heterocycles. The Kier molecular flexibility index (Phi) is 12.7. The second kappa shape index (κ2) is 13.9. The number of methoxy groups -OCH3 is 2. The quantitative estimate of drug-likeness (QED) is 0.394. The van der Waals surface area contributed by atoms with E-state index in [1.54, 1.807) is 45.2 Å². The monoisotopic (exact) mass is 501 g/mol. The summed E-state index contributed by atoms with van der Waals surface area (Å²) in [7, 11) is -1.64. The van der Waals surface area contributed by atoms with Crippen molar-refractivity contribution in [1.29, 1.82) is 0 Å². The number of Topliss-reactive ketones (excluding diaryl/α,β-unsaturated/α-hetero) is 2. The van der Waals surface area contributed by atoms with Gasteiger partial charge in [-0.1, -0.05) is 30.3 Å². The largest absolute Gasteiger partial charge is 0.381 e. The minimum absolute atomic E-state index is 0. The maximum absolute atomic E-state index is 12.5. The lowest BCUT2D eigenvalue weighted by Gasteiger charge is -2.20. The fourth-order valence-corrected chi connectivity index (χ4v) is 4.04. The molecule has 3 unspecified atom stereocenters. The van der Waals surface area contributed by atoms with Crippen LogP contribution in [0.15, 0.2) is 41.3 Å². The van der Waals surface area contributed by atoms with Gasteiger partial charge in [-0.15, -0.1) is 0 Å². The molecule has 11 heteroatoms. The fourth-order valence-electron chi connectivity index (χ4n) is 3.18. The van der Waals surface area contributed by atoms with Crippen LogP contribution < -0.4 is 5.32 Å². The van der Waals surface area contributed by atoms with Crippen molar-refractivity contribution >= 4 is 44.1 Å². The average molecular weight is 502 g/mol. The molecule has 0 bridgehead atoms. The lowest BCUT2D eigenvalue weighted by atomic mass is 9.98. The molecule has 0 saturated heterocycles. The molecule has 9 nitrogen and oxygen atoms in total. The van der Waals surface area contributed by atoms with Crippen LogP contribution in [0.3, 0.4) is 0 Å². The van der Waals surface area contributed by atoms with Gasteiger partial charge in [0.25, 0.3) is 10.1 Å². The van der Waals surface area contributed by atoms with E-state index in [-0.39, 0.29) is 27.7 Å². The van der Waals surface area contributed by atoms with E-state index in [0.29, 0.717) is 11.8 Å². The average Bonchev–Trinajstić information content (AvgIpc) is 2.72. The van der Waals surface area contributed by atoms with E-state index in [2.05, 4.69) is 5.32 Å². The van der Waals surface area contributed by atoms with E-state index in [1.165, 1.54) is 26.2 Å². The smallest absolute Gasteiger partial charge is 0.297 e. The summed E-state index contributed by atoms with van der Waals surface area (Å²) < 4.78 is 43.2. The molecule has 0 radical (unpaired) electrons. The van der Waals surface area contributed by atoms with Gasteiger partial charge in [-0.3, -0.25) is 23.6 Å². The van der Waals surface area contributed by atoms with Crippen molar-refractivity contribution < 1.29 is 41.5 Å². The number of anilines is 1. The summed E-state index contributed by atoms with van der Waals surface area (Å²) in [6, 6.07) is 9.53. The highest BCUT2D eigenvalue weighted by atomic mass is 32.2. The Labute approximate surface area is 198 Å². The van der Waals surface area contributed by atoms with Gasteiger partial charge in [-0.25, -0.2) is 0 Å². The third-order valence-corrected chi connectivity index (χ3v) is 5.89. The molecule has 1 amide bonds. The van der Waals surface area contributed by atoms with Gasteiger partial charge in [-0.05, 0) is 39.1 Å². The molecule has 2 aromatic carbocycles. The van der Waals surface area contributed by atoms with Gasteiger partial charge in [0.05, 0.1) is 17.9 Å². The summed E-state index contributed by atoms with van der Waals surface area (Å²) in [4.78, 5) is 34.2. The standard InChI is InChI=1S/C17H19NO6S.C6H12O2.FH/c1-10(19)15(11(2)24-3)17(20)18-14-9-8-12-6-4-5-7-13(12)16(14)25(21,22)23;1-5(7)4-6(2)8-3;/h4-9,11,15H,1-3H3,(H,18,20)(H,21,22,23);6H,4H2,1-3H3;1H. The van der Waals surface area contributed by atoms with E-state index in [4.69, 9.17) is 9.47 Å². The molecule has 34 heavy (non-hydrogen) atoms. The van der Waals surface area contributed by atoms with Crippen molar-refractivity contribution in [3.63, 3.8) is 0 Å². The molecular weight excluding hydrogens is 469 g/mol. The first-order valence-electron chi connectivity index (χ1n) is 10.2. The maximum Gasteiger partial charge on any atom is 0.297 e. The van der Waals surface area contributed by atoms with Gasteiger partial charge < -0.3 is 14.8 Å². The lowest BCUT2D eigenvalue weighted by Crippen LogP contribution is -2.37. The number of amides is 1. The van der Waals surface area contributed by atoms with E-state index in [0.717, 1.165) is 0 Å². The second-order valence-electron chi connectivity index (χ2n) is 7.61. The zero-order chi connectivity index (χ0) is 25.3. The number of benzene rings is 2. The van der Waals surface area contributed by atoms with Crippen molar-refractivity contribution in [2.45, 2.75) is 51.2 Å². The van der Waals surface area contributed by atoms with Crippen LogP contribution in [0, 0.1) is 5.92 Å². The van der Waals surface area contributed by atoms with Crippen LogP contribution in [0.1, 0.15) is 34.1 Å². The molecule has 0 aromatic heterocycles. The van der Waals surface area contributed by atoms with Crippen molar-refractivity contribution in [2.75, 3.05) is 19.5 Å². The van der Waals surface area contributed by atoms with Gasteiger partial charge in [0.2, 0.25) is 5.91 Å². The normalized spacial score (nSPS) is 13.5. The molecule has 190 valence electrons. The molecule has 0 heterocycles. The number of hydrogen-bond donors (Lipinski definition) is 2. The Morgan fingerprint density at radius 1 is 1.00 bits per heavy atom. The Morgan fingerprint density at radius 3 is 2.03 bits per heavy atom. The second-order valence-corrected chi connectivity index (χ2v) is 8.97. The van der Waals surface area contributed by atoms with Crippen LogP contribution in [-0.4, -0.2) is 56.9 Å². The third-order valence-electron chi connectivity index (χ3n) is 4.93. The predicted molar refractivity (Wildman–Crippen MR) is 127 cm³/mol. The summed E-state index contributed by atoms with van der Waals surface area (Å²) in [5.74, 6) is -2.05. The van der Waals surface area contributed by atoms with Gasteiger partial charge in [0.15, 0.2) is 0 Å². The Bertz CT molecular complexity index is 1100. The summed E-state index contributed by atoms with van der Waals surface area (Å²) in [6.45, 7) is 6.26. The summed E-state index contributed by atoms with van der Waals surface area (Å²) in [5.41, 5.74) is -0.0965. The van der Waals surface area contributed by atoms with Gasteiger partial charge >= 0.3 is 0 Å². The highest BCUT2D eigenvalue weighted by molar-refractivity contribution is 7.86. The van der Waals surface area contributed by atoms with Gasteiger partial charge in [0.1, 0.15) is 22.4 Å². The third kappa shape index (κ3) is 8.90. The number of hydrogen-bond acceptors (Lipinski definition) is 7. The Balaban J connectivity index is 0.00000104. The van der Waals surface area contributed by atoms with Crippen LogP contribution >= 0.6 is 0 Å². The minimum Gasteiger partial charge on any atom is -0.381 e. The van der Waals surface area contributed by atoms with E-state index >= 15 is 0 Å².